The minimum absolute atomic E-state index is 0.142. The van der Waals surface area contributed by atoms with Crippen molar-refractivity contribution in [1.29, 1.82) is 0 Å². The number of carbonyl (C=O) groups excluding carboxylic acids is 2. The van der Waals surface area contributed by atoms with Gasteiger partial charge in [0.2, 0.25) is 11.8 Å². The number of nitrogens with zero attached hydrogens (tertiary/aromatic N) is 4. The van der Waals surface area contributed by atoms with Crippen LogP contribution in [-0.4, -0.2) is 71.8 Å². The van der Waals surface area contributed by atoms with Gasteiger partial charge in [-0.3, -0.25) is 14.6 Å². The molecule has 0 N–H and O–H groups in total. The summed E-state index contributed by atoms with van der Waals surface area (Å²) < 4.78 is 39.2. The summed E-state index contributed by atoms with van der Waals surface area (Å²) in [7, 11) is 5.58. The van der Waals surface area contributed by atoms with Crippen molar-refractivity contribution in [3.05, 3.63) is 132 Å². The maximum Gasteiger partial charge on any atom is 0.416 e. The third-order valence-electron chi connectivity index (χ3n) is 7.40. The number of rotatable bonds is 12. The lowest BCUT2D eigenvalue weighted by Crippen LogP contribution is -2.51. The molecule has 0 radical (unpaired) electrons. The fraction of sp³-hybridized carbons (Fsp3) is 0.250. The molecule has 0 fully saturated rings. The van der Waals surface area contributed by atoms with Gasteiger partial charge in [-0.1, -0.05) is 72.8 Å². The van der Waals surface area contributed by atoms with Crippen molar-refractivity contribution < 1.29 is 22.8 Å². The first kappa shape index (κ1) is 33.1. The monoisotopic (exact) mass is 614 g/mol. The van der Waals surface area contributed by atoms with E-state index < -0.39 is 23.7 Å². The van der Waals surface area contributed by atoms with Gasteiger partial charge in [0.05, 0.1) is 11.3 Å². The van der Waals surface area contributed by atoms with Crippen molar-refractivity contribution >= 4 is 17.9 Å². The lowest BCUT2D eigenvalue weighted by Gasteiger charge is -2.34. The van der Waals surface area contributed by atoms with Gasteiger partial charge in [0.1, 0.15) is 6.04 Å². The molecule has 6 nitrogen and oxygen atoms in total. The van der Waals surface area contributed by atoms with Gasteiger partial charge in [-0.15, -0.1) is 0 Å². The summed E-state index contributed by atoms with van der Waals surface area (Å²) in [4.78, 5) is 37.5. The Balaban J connectivity index is 1.68. The van der Waals surface area contributed by atoms with Crippen molar-refractivity contribution in [3.63, 3.8) is 0 Å². The molecule has 45 heavy (non-hydrogen) atoms. The molecule has 0 spiro atoms. The first-order valence-electron chi connectivity index (χ1n) is 14.6. The number of carbonyl (C=O) groups is 2. The topological polar surface area (TPSA) is 56.8 Å². The van der Waals surface area contributed by atoms with Crippen LogP contribution in [-0.2, 0) is 28.7 Å². The molecular weight excluding hydrogens is 577 g/mol. The van der Waals surface area contributed by atoms with E-state index in [-0.39, 0.29) is 18.9 Å². The van der Waals surface area contributed by atoms with E-state index in [0.29, 0.717) is 18.7 Å². The average molecular weight is 615 g/mol. The normalized spacial score (nSPS) is 12.3. The van der Waals surface area contributed by atoms with Gasteiger partial charge in [0.15, 0.2) is 0 Å². The lowest BCUT2D eigenvalue weighted by atomic mass is 10.0. The second kappa shape index (κ2) is 15.3. The summed E-state index contributed by atoms with van der Waals surface area (Å²) in [6, 6.07) is 26.6. The summed E-state index contributed by atoms with van der Waals surface area (Å²) in [6.07, 6.45) is 0.344. The Kier molecular flexibility index (Phi) is 11.3. The Labute approximate surface area is 262 Å². The molecule has 0 bridgehead atoms. The van der Waals surface area contributed by atoms with Crippen LogP contribution < -0.4 is 0 Å². The lowest BCUT2D eigenvalue weighted by molar-refractivity contribution is -0.143. The van der Waals surface area contributed by atoms with E-state index >= 15 is 0 Å². The average Bonchev–Trinajstić information content (AvgIpc) is 3.04. The van der Waals surface area contributed by atoms with Gasteiger partial charge in [-0.2, -0.15) is 13.2 Å². The van der Waals surface area contributed by atoms with Crippen LogP contribution in [0.1, 0.15) is 22.3 Å². The van der Waals surface area contributed by atoms with Crippen molar-refractivity contribution in [1.82, 2.24) is 19.7 Å². The van der Waals surface area contributed by atoms with Gasteiger partial charge in [0, 0.05) is 50.9 Å². The Morgan fingerprint density at radius 3 is 2.07 bits per heavy atom. The Morgan fingerprint density at radius 2 is 1.47 bits per heavy atom. The third-order valence-corrected chi connectivity index (χ3v) is 7.40. The van der Waals surface area contributed by atoms with E-state index in [1.165, 1.54) is 29.2 Å². The van der Waals surface area contributed by atoms with Crippen LogP contribution in [0.4, 0.5) is 13.2 Å². The minimum Gasteiger partial charge on any atom is -0.343 e. The van der Waals surface area contributed by atoms with Crippen molar-refractivity contribution in [2.24, 2.45) is 0 Å². The molecule has 9 heteroatoms. The highest BCUT2D eigenvalue weighted by Crippen LogP contribution is 2.29. The van der Waals surface area contributed by atoms with Crippen LogP contribution in [0.25, 0.3) is 17.3 Å². The van der Waals surface area contributed by atoms with Gasteiger partial charge in [-0.05, 0) is 61.1 Å². The molecule has 0 saturated heterocycles. The van der Waals surface area contributed by atoms with Crippen LogP contribution in [0.5, 0.6) is 0 Å². The minimum atomic E-state index is -4.45. The summed E-state index contributed by atoms with van der Waals surface area (Å²) in [5.74, 6) is -0.638. The Hall–Kier alpha value is -4.76. The molecule has 4 aromatic rings. The molecular formula is C36H37F3N4O2. The molecule has 1 unspecified atom stereocenters. The predicted molar refractivity (Wildman–Crippen MR) is 171 cm³/mol. The van der Waals surface area contributed by atoms with Gasteiger partial charge >= 0.3 is 6.18 Å². The van der Waals surface area contributed by atoms with Gasteiger partial charge in [-0.25, -0.2) is 0 Å². The number of amides is 2. The quantitative estimate of drug-likeness (QED) is 0.172. The van der Waals surface area contributed by atoms with Crippen LogP contribution in [0.3, 0.4) is 0 Å². The van der Waals surface area contributed by atoms with E-state index in [1.807, 2.05) is 91.8 Å². The van der Waals surface area contributed by atoms with Gasteiger partial charge in [0.25, 0.3) is 0 Å². The van der Waals surface area contributed by atoms with Crippen LogP contribution >= 0.6 is 0 Å². The first-order chi connectivity index (χ1) is 21.5. The summed E-state index contributed by atoms with van der Waals surface area (Å²) in [5.41, 5.74) is 3.11. The predicted octanol–water partition coefficient (Wildman–Crippen LogP) is 6.44. The molecule has 3 aromatic carbocycles. The van der Waals surface area contributed by atoms with Gasteiger partial charge < -0.3 is 14.7 Å². The van der Waals surface area contributed by atoms with E-state index in [2.05, 4.69) is 4.98 Å². The largest absolute Gasteiger partial charge is 0.416 e. The molecule has 0 aliphatic rings. The number of hydrogen-bond acceptors (Lipinski definition) is 4. The Bertz CT molecular complexity index is 1560. The van der Waals surface area contributed by atoms with Crippen molar-refractivity contribution in [2.45, 2.75) is 25.2 Å². The van der Waals surface area contributed by atoms with E-state index in [9.17, 15) is 22.8 Å². The SMILES string of the molecule is CN(C)CCN(C)C(=O)C(Cc1ccccc1)N(Cc1ccc(-c2ccccn2)cc1)C(=O)C=Cc1ccc(C(F)(F)F)cc1. The van der Waals surface area contributed by atoms with Crippen LogP contribution in [0.15, 0.2) is 109 Å². The highest BCUT2D eigenvalue weighted by atomic mass is 19.4. The number of pyridine rings is 1. The summed E-state index contributed by atoms with van der Waals surface area (Å²) >= 11 is 0. The highest BCUT2D eigenvalue weighted by Gasteiger charge is 2.32. The zero-order valence-electron chi connectivity index (χ0n) is 25.6. The standard InChI is InChI=1S/C36H37F3N4O2/c1-41(2)23-24-42(3)35(45)33(25-28-9-5-4-6-10-28)43(26-29-12-17-30(18-13-29)32-11-7-8-22-40-32)34(44)21-16-27-14-19-31(20-15-27)36(37,38)39/h4-22,33H,23-26H2,1-3H3. The number of aromatic nitrogens is 1. The number of hydrogen-bond donors (Lipinski definition) is 0. The number of benzene rings is 3. The number of likely N-dealkylation sites (N-methyl/N-ethyl adjacent to an activating group) is 2. The summed E-state index contributed by atoms with van der Waals surface area (Å²) in [5, 5.41) is 0. The fourth-order valence-corrected chi connectivity index (χ4v) is 4.78. The van der Waals surface area contributed by atoms with E-state index in [1.54, 1.807) is 18.1 Å². The maximum absolute atomic E-state index is 14.0. The molecule has 234 valence electrons. The second-order valence-electron chi connectivity index (χ2n) is 11.1. The molecule has 2 amide bonds. The summed E-state index contributed by atoms with van der Waals surface area (Å²) in [6.45, 7) is 1.26. The molecule has 1 heterocycles. The zero-order chi connectivity index (χ0) is 32.4. The molecule has 0 aliphatic carbocycles. The Morgan fingerprint density at radius 1 is 0.800 bits per heavy atom. The second-order valence-corrected chi connectivity index (χ2v) is 11.1. The first-order valence-corrected chi connectivity index (χ1v) is 14.6. The number of alkyl halides is 3. The van der Waals surface area contributed by atoms with Crippen molar-refractivity contribution in [3.8, 4) is 11.3 Å². The molecule has 0 aliphatic heterocycles. The van der Waals surface area contributed by atoms with E-state index in [4.69, 9.17) is 0 Å². The number of halogens is 3. The molecule has 1 aromatic heterocycles. The molecule has 1 atom stereocenters. The van der Waals surface area contributed by atoms with E-state index in [0.717, 1.165) is 34.5 Å². The third kappa shape index (κ3) is 9.61. The maximum atomic E-state index is 14.0. The highest BCUT2D eigenvalue weighted by molar-refractivity contribution is 5.95. The molecule has 0 saturated carbocycles. The van der Waals surface area contributed by atoms with Crippen LogP contribution in [0, 0.1) is 0 Å². The molecule has 4 rings (SSSR count). The fourth-order valence-electron chi connectivity index (χ4n) is 4.78. The zero-order valence-corrected chi connectivity index (χ0v) is 25.6. The smallest absolute Gasteiger partial charge is 0.343 e. The van der Waals surface area contributed by atoms with Crippen molar-refractivity contribution in [2.75, 3.05) is 34.2 Å². The van der Waals surface area contributed by atoms with Crippen LogP contribution in [0.2, 0.25) is 0 Å².